The second kappa shape index (κ2) is 10.9. The molecule has 1 aromatic heterocycles. The van der Waals surface area contributed by atoms with Gasteiger partial charge in [-0.05, 0) is 62.4 Å². The molecule has 2 aromatic carbocycles. The first-order valence-corrected chi connectivity index (χ1v) is 14.4. The molecule has 0 unspecified atom stereocenters. The van der Waals surface area contributed by atoms with E-state index in [1.165, 1.54) is 37.0 Å². The molecule has 0 bridgehead atoms. The monoisotopic (exact) mass is 585 g/mol. The van der Waals surface area contributed by atoms with Crippen molar-refractivity contribution in [2.24, 2.45) is 0 Å². The minimum absolute atomic E-state index is 0.0698. The van der Waals surface area contributed by atoms with Crippen LogP contribution in [0, 0.1) is 6.92 Å². The number of ether oxygens (including phenoxy) is 2. The lowest BCUT2D eigenvalue weighted by Crippen LogP contribution is -2.54. The molecule has 1 aliphatic heterocycles. The lowest BCUT2D eigenvalue weighted by atomic mass is 10.2. The lowest BCUT2D eigenvalue weighted by Gasteiger charge is -2.37. The van der Waals surface area contributed by atoms with Crippen molar-refractivity contribution in [1.82, 2.24) is 9.21 Å². The van der Waals surface area contributed by atoms with Crippen LogP contribution in [0.4, 0.5) is 23.0 Å². The summed E-state index contributed by atoms with van der Waals surface area (Å²) in [7, 11) is -4.08. The number of carbonyl (C=O) groups is 1. The van der Waals surface area contributed by atoms with Crippen molar-refractivity contribution in [3.8, 4) is 5.75 Å². The molecule has 0 atom stereocenters. The van der Waals surface area contributed by atoms with Crippen molar-refractivity contribution in [2.75, 3.05) is 30.5 Å². The topological polar surface area (TPSA) is 79.4 Å². The third-order valence-electron chi connectivity index (χ3n) is 6.02. The zero-order valence-corrected chi connectivity index (χ0v) is 23.6. The van der Waals surface area contributed by atoms with Gasteiger partial charge >= 0.3 is 22.7 Å². The number of rotatable bonds is 6. The summed E-state index contributed by atoms with van der Waals surface area (Å²) in [4.78, 5) is 13.9. The molecule has 13 heteroatoms. The molecule has 0 aliphatic carbocycles. The van der Waals surface area contributed by atoms with Crippen LogP contribution in [-0.4, -0.2) is 61.9 Å². The Balaban J connectivity index is 1.62. The van der Waals surface area contributed by atoms with Crippen molar-refractivity contribution < 1.29 is 35.9 Å². The van der Waals surface area contributed by atoms with Crippen molar-refractivity contribution in [3.63, 3.8) is 0 Å². The molecule has 0 N–H and O–H groups in total. The van der Waals surface area contributed by atoms with Crippen LogP contribution in [0.2, 0.25) is 0 Å². The number of aryl methyl sites for hydroxylation is 1. The fourth-order valence-electron chi connectivity index (χ4n) is 4.19. The van der Waals surface area contributed by atoms with Crippen LogP contribution in [-0.2, 0) is 21.5 Å². The number of nitrogens with zero attached hydrogens (tertiary/aromatic N) is 3. The SMILES string of the molecule is Cc1c(N(Cc2ccc(OC(F)(F)F)cc2)S(=O)(=O)N2CCN(C(=O)OC(C)(C)C)CC2)sc2ccccc12. The Morgan fingerprint density at radius 3 is 2.18 bits per heavy atom. The van der Waals surface area contributed by atoms with Gasteiger partial charge in [0.25, 0.3) is 0 Å². The van der Waals surface area contributed by atoms with Gasteiger partial charge in [0.2, 0.25) is 0 Å². The molecule has 2 heterocycles. The fraction of sp³-hybridized carbons (Fsp3) is 0.423. The molecule has 4 rings (SSSR count). The van der Waals surface area contributed by atoms with Crippen LogP contribution in [0.5, 0.6) is 5.75 Å². The van der Waals surface area contributed by atoms with E-state index < -0.39 is 34.0 Å². The third kappa shape index (κ3) is 6.95. The maximum atomic E-state index is 14.0. The predicted octanol–water partition coefficient (Wildman–Crippen LogP) is 5.91. The fourth-order valence-corrected chi connectivity index (χ4v) is 7.26. The molecule has 39 heavy (non-hydrogen) atoms. The third-order valence-corrected chi connectivity index (χ3v) is 9.32. The number of benzene rings is 2. The Hall–Kier alpha value is -3.03. The van der Waals surface area contributed by atoms with E-state index in [1.807, 2.05) is 31.2 Å². The second-order valence-electron chi connectivity index (χ2n) is 10.1. The summed E-state index contributed by atoms with van der Waals surface area (Å²) in [6.07, 6.45) is -5.33. The zero-order valence-electron chi connectivity index (χ0n) is 22.0. The molecule has 1 fully saturated rings. The van der Waals surface area contributed by atoms with Crippen LogP contribution in [0.15, 0.2) is 48.5 Å². The highest BCUT2D eigenvalue weighted by Gasteiger charge is 2.36. The number of amides is 1. The molecule has 0 saturated carbocycles. The van der Waals surface area contributed by atoms with E-state index in [9.17, 15) is 26.4 Å². The molecule has 1 saturated heterocycles. The van der Waals surface area contributed by atoms with Crippen LogP contribution in [0.25, 0.3) is 10.1 Å². The van der Waals surface area contributed by atoms with Gasteiger partial charge in [0.05, 0.1) is 6.54 Å². The maximum absolute atomic E-state index is 14.0. The molecule has 0 radical (unpaired) electrons. The smallest absolute Gasteiger partial charge is 0.444 e. The van der Waals surface area contributed by atoms with Crippen LogP contribution in [0.3, 0.4) is 0 Å². The maximum Gasteiger partial charge on any atom is 0.573 e. The highest BCUT2D eigenvalue weighted by atomic mass is 32.2. The summed E-state index contributed by atoms with van der Waals surface area (Å²) < 4.78 is 78.7. The van der Waals surface area contributed by atoms with Crippen molar-refractivity contribution >= 4 is 42.7 Å². The number of hydrogen-bond acceptors (Lipinski definition) is 6. The van der Waals surface area contributed by atoms with E-state index in [0.717, 1.165) is 27.8 Å². The van der Waals surface area contributed by atoms with Crippen molar-refractivity contribution in [3.05, 3.63) is 59.7 Å². The zero-order chi connectivity index (χ0) is 28.6. The number of alkyl halides is 3. The molecule has 1 aliphatic rings. The van der Waals surface area contributed by atoms with E-state index in [0.29, 0.717) is 10.6 Å². The van der Waals surface area contributed by atoms with E-state index in [2.05, 4.69) is 4.74 Å². The van der Waals surface area contributed by atoms with Gasteiger partial charge in [-0.1, -0.05) is 30.3 Å². The molecule has 0 spiro atoms. The summed E-state index contributed by atoms with van der Waals surface area (Å²) in [5, 5.41) is 1.43. The number of fused-ring (bicyclic) bond motifs is 1. The Morgan fingerprint density at radius 1 is 1.00 bits per heavy atom. The summed E-state index contributed by atoms with van der Waals surface area (Å²) in [5.74, 6) is -0.392. The number of thiophene rings is 1. The molecule has 1 amide bonds. The Morgan fingerprint density at radius 2 is 1.62 bits per heavy atom. The van der Waals surface area contributed by atoms with Gasteiger partial charge in [-0.25, -0.2) is 9.10 Å². The van der Waals surface area contributed by atoms with Gasteiger partial charge in [0.1, 0.15) is 16.4 Å². The quantitative estimate of drug-likeness (QED) is 0.359. The van der Waals surface area contributed by atoms with Crippen LogP contribution in [0.1, 0.15) is 31.9 Å². The Labute approximate surface area is 229 Å². The minimum atomic E-state index is -4.83. The molecule has 8 nitrogen and oxygen atoms in total. The van der Waals surface area contributed by atoms with Gasteiger partial charge in [-0.15, -0.1) is 24.5 Å². The first kappa shape index (κ1) is 29.0. The van der Waals surface area contributed by atoms with E-state index >= 15 is 0 Å². The van der Waals surface area contributed by atoms with Crippen molar-refractivity contribution in [2.45, 2.75) is 46.2 Å². The van der Waals surface area contributed by atoms with Crippen molar-refractivity contribution in [1.29, 1.82) is 0 Å². The van der Waals surface area contributed by atoms with E-state index in [4.69, 9.17) is 4.74 Å². The number of piperazine rings is 1. The van der Waals surface area contributed by atoms with Gasteiger partial charge in [-0.2, -0.15) is 12.7 Å². The Bertz CT molecular complexity index is 1430. The van der Waals surface area contributed by atoms with E-state index in [1.54, 1.807) is 20.8 Å². The van der Waals surface area contributed by atoms with Gasteiger partial charge in [0, 0.05) is 30.9 Å². The largest absolute Gasteiger partial charge is 0.573 e. The van der Waals surface area contributed by atoms with Crippen LogP contribution < -0.4 is 9.04 Å². The van der Waals surface area contributed by atoms with Gasteiger partial charge in [-0.3, -0.25) is 0 Å². The highest BCUT2D eigenvalue weighted by molar-refractivity contribution is 7.90. The normalized spacial score (nSPS) is 15.4. The lowest BCUT2D eigenvalue weighted by molar-refractivity contribution is -0.274. The van der Waals surface area contributed by atoms with E-state index in [-0.39, 0.29) is 32.7 Å². The van der Waals surface area contributed by atoms with Gasteiger partial charge in [0.15, 0.2) is 0 Å². The number of carbonyl (C=O) groups excluding carboxylic acids is 1. The average molecular weight is 586 g/mol. The molecular formula is C26H30F3N3O5S2. The molecular weight excluding hydrogens is 555 g/mol. The number of halogens is 3. The van der Waals surface area contributed by atoms with Gasteiger partial charge < -0.3 is 14.4 Å². The Kier molecular flexibility index (Phi) is 8.06. The second-order valence-corrected chi connectivity index (χ2v) is 13.0. The average Bonchev–Trinajstić information content (AvgIpc) is 3.17. The standard InChI is InChI=1S/C26H30F3N3O5S2/c1-18-21-7-5-6-8-22(21)38-23(18)32(17-19-9-11-20(12-10-19)36-26(27,28)29)39(34,35)31-15-13-30(14-16-31)24(33)37-25(2,3)4/h5-12H,13-17H2,1-4H3. The summed E-state index contributed by atoms with van der Waals surface area (Å²) in [6, 6.07) is 12.7. The summed E-state index contributed by atoms with van der Waals surface area (Å²) in [5.41, 5.74) is 0.595. The molecule has 212 valence electrons. The predicted molar refractivity (Wildman–Crippen MR) is 144 cm³/mol. The number of anilines is 1. The summed E-state index contributed by atoms with van der Waals surface area (Å²) in [6.45, 7) is 7.50. The minimum Gasteiger partial charge on any atom is -0.444 e. The first-order valence-electron chi connectivity index (χ1n) is 12.2. The number of hydrogen-bond donors (Lipinski definition) is 0. The summed E-state index contributed by atoms with van der Waals surface area (Å²) >= 11 is 1.33. The highest BCUT2D eigenvalue weighted by Crippen LogP contribution is 2.40. The van der Waals surface area contributed by atoms with Crippen LogP contribution >= 0.6 is 11.3 Å². The molecule has 3 aromatic rings. The first-order chi connectivity index (χ1) is 18.1.